The first-order valence-corrected chi connectivity index (χ1v) is 5.70. The summed E-state index contributed by atoms with van der Waals surface area (Å²) in [5.41, 5.74) is 5.58. The summed E-state index contributed by atoms with van der Waals surface area (Å²) < 4.78 is 10.4. The summed E-state index contributed by atoms with van der Waals surface area (Å²) in [6, 6.07) is 1.81. The first-order chi connectivity index (χ1) is 8.31. The van der Waals surface area contributed by atoms with Crippen molar-refractivity contribution in [3.8, 4) is 5.88 Å². The fraction of sp³-hybridized carbons (Fsp3) is 0.636. The molecule has 0 aromatic carbocycles. The van der Waals surface area contributed by atoms with E-state index in [-0.39, 0.29) is 0 Å². The molecule has 1 heterocycles. The zero-order valence-corrected chi connectivity index (χ0v) is 10.4. The molecule has 0 unspecified atom stereocenters. The van der Waals surface area contributed by atoms with E-state index < -0.39 is 0 Å². The van der Waals surface area contributed by atoms with Crippen molar-refractivity contribution in [1.82, 2.24) is 9.97 Å². The Morgan fingerprint density at radius 1 is 1.35 bits per heavy atom. The fourth-order valence-electron chi connectivity index (χ4n) is 1.43. The summed E-state index contributed by atoms with van der Waals surface area (Å²) >= 11 is 0. The Balaban J connectivity index is 2.73. The van der Waals surface area contributed by atoms with E-state index in [1.165, 1.54) is 6.33 Å². The lowest BCUT2D eigenvalue weighted by molar-refractivity contribution is 0.205. The minimum atomic E-state index is 0.567. The first-order valence-electron chi connectivity index (χ1n) is 5.70. The number of ether oxygens (including phenoxy) is 2. The lowest BCUT2D eigenvalue weighted by Crippen LogP contribution is -2.33. The van der Waals surface area contributed by atoms with Gasteiger partial charge in [-0.25, -0.2) is 9.97 Å². The average molecular weight is 240 g/mol. The van der Waals surface area contributed by atoms with Gasteiger partial charge in [-0.2, -0.15) is 0 Å². The molecule has 0 saturated carbocycles. The molecule has 0 fully saturated rings. The molecule has 1 aromatic heterocycles. The van der Waals surface area contributed by atoms with Crippen LogP contribution in [0.5, 0.6) is 5.88 Å². The van der Waals surface area contributed by atoms with Gasteiger partial charge in [-0.1, -0.05) is 0 Å². The number of anilines is 1. The molecule has 0 aliphatic rings. The molecule has 0 atom stereocenters. The maximum atomic E-state index is 5.58. The molecular weight excluding hydrogens is 220 g/mol. The van der Waals surface area contributed by atoms with E-state index in [9.17, 15) is 0 Å². The van der Waals surface area contributed by atoms with Gasteiger partial charge in [-0.3, -0.25) is 0 Å². The predicted molar refractivity (Wildman–Crippen MR) is 66.3 cm³/mol. The Labute approximate surface area is 102 Å². The Hall–Kier alpha value is -1.40. The van der Waals surface area contributed by atoms with Gasteiger partial charge >= 0.3 is 0 Å². The SMILES string of the molecule is CCOc1cc(N(CCN)CCOC)ncn1. The van der Waals surface area contributed by atoms with Gasteiger partial charge in [-0.05, 0) is 6.92 Å². The van der Waals surface area contributed by atoms with Crippen LogP contribution in [0, 0.1) is 0 Å². The average Bonchev–Trinajstić information content (AvgIpc) is 2.35. The lowest BCUT2D eigenvalue weighted by Gasteiger charge is -2.22. The van der Waals surface area contributed by atoms with Crippen LogP contribution in [0.3, 0.4) is 0 Å². The van der Waals surface area contributed by atoms with Gasteiger partial charge in [0, 0.05) is 32.8 Å². The van der Waals surface area contributed by atoms with Crippen LogP contribution in [-0.4, -0.2) is 49.9 Å². The van der Waals surface area contributed by atoms with Crippen LogP contribution in [0.2, 0.25) is 0 Å². The third-order valence-corrected chi connectivity index (χ3v) is 2.21. The zero-order chi connectivity index (χ0) is 12.5. The van der Waals surface area contributed by atoms with Gasteiger partial charge in [0.15, 0.2) is 0 Å². The molecule has 0 radical (unpaired) electrons. The Bertz CT molecular complexity index is 322. The van der Waals surface area contributed by atoms with Crippen molar-refractivity contribution < 1.29 is 9.47 Å². The van der Waals surface area contributed by atoms with Crippen molar-refractivity contribution in [3.05, 3.63) is 12.4 Å². The number of aromatic nitrogens is 2. The van der Waals surface area contributed by atoms with E-state index in [1.807, 2.05) is 17.9 Å². The summed E-state index contributed by atoms with van der Waals surface area (Å²) in [6.45, 7) is 5.18. The number of hydrogen-bond donors (Lipinski definition) is 1. The van der Waals surface area contributed by atoms with E-state index in [4.69, 9.17) is 15.2 Å². The first kappa shape index (κ1) is 13.7. The van der Waals surface area contributed by atoms with Crippen LogP contribution in [-0.2, 0) is 4.74 Å². The van der Waals surface area contributed by atoms with Gasteiger partial charge < -0.3 is 20.1 Å². The van der Waals surface area contributed by atoms with Crippen LogP contribution in [0.4, 0.5) is 5.82 Å². The highest BCUT2D eigenvalue weighted by molar-refractivity contribution is 5.40. The number of nitrogens with zero attached hydrogens (tertiary/aromatic N) is 3. The van der Waals surface area contributed by atoms with Gasteiger partial charge in [0.25, 0.3) is 0 Å². The number of nitrogens with two attached hydrogens (primary N) is 1. The maximum Gasteiger partial charge on any atom is 0.218 e. The second kappa shape index (κ2) is 7.81. The molecule has 6 heteroatoms. The molecule has 96 valence electrons. The highest BCUT2D eigenvalue weighted by Crippen LogP contribution is 2.15. The fourth-order valence-corrected chi connectivity index (χ4v) is 1.43. The number of methoxy groups -OCH3 is 1. The van der Waals surface area contributed by atoms with Gasteiger partial charge in [0.1, 0.15) is 12.1 Å². The molecule has 0 spiro atoms. The molecule has 1 aromatic rings. The highest BCUT2D eigenvalue weighted by atomic mass is 16.5. The van der Waals surface area contributed by atoms with E-state index >= 15 is 0 Å². The number of hydrogen-bond acceptors (Lipinski definition) is 6. The molecule has 0 saturated heterocycles. The maximum absolute atomic E-state index is 5.58. The Morgan fingerprint density at radius 2 is 2.18 bits per heavy atom. The minimum absolute atomic E-state index is 0.567. The topological polar surface area (TPSA) is 73.5 Å². The summed E-state index contributed by atoms with van der Waals surface area (Å²) in [6.07, 6.45) is 1.50. The van der Waals surface area contributed by atoms with Crippen LogP contribution in [0.15, 0.2) is 12.4 Å². The lowest BCUT2D eigenvalue weighted by atomic mass is 10.4. The van der Waals surface area contributed by atoms with Crippen LogP contribution in [0.1, 0.15) is 6.92 Å². The molecule has 1 rings (SSSR count). The van der Waals surface area contributed by atoms with Crippen molar-refractivity contribution in [2.45, 2.75) is 6.92 Å². The Morgan fingerprint density at radius 3 is 2.82 bits per heavy atom. The van der Waals surface area contributed by atoms with Crippen LogP contribution < -0.4 is 15.4 Å². The zero-order valence-electron chi connectivity index (χ0n) is 10.4. The van der Waals surface area contributed by atoms with Crippen LogP contribution >= 0.6 is 0 Å². The summed E-state index contributed by atoms with van der Waals surface area (Å²) in [4.78, 5) is 10.3. The molecular formula is C11H20N4O2. The molecule has 0 amide bonds. The van der Waals surface area contributed by atoms with E-state index in [0.717, 1.165) is 18.9 Å². The summed E-state index contributed by atoms with van der Waals surface area (Å²) in [5, 5.41) is 0. The largest absolute Gasteiger partial charge is 0.478 e. The normalized spacial score (nSPS) is 10.3. The smallest absolute Gasteiger partial charge is 0.218 e. The van der Waals surface area contributed by atoms with Gasteiger partial charge in [-0.15, -0.1) is 0 Å². The second-order valence-electron chi connectivity index (χ2n) is 3.42. The van der Waals surface area contributed by atoms with Gasteiger partial charge in [0.05, 0.1) is 13.2 Å². The van der Waals surface area contributed by atoms with E-state index in [1.54, 1.807) is 7.11 Å². The predicted octanol–water partition coefficient (Wildman–Crippen LogP) is 0.287. The second-order valence-corrected chi connectivity index (χ2v) is 3.42. The minimum Gasteiger partial charge on any atom is -0.478 e. The summed E-state index contributed by atoms with van der Waals surface area (Å²) in [5.74, 6) is 1.39. The molecule has 0 aliphatic carbocycles. The number of rotatable bonds is 8. The quantitative estimate of drug-likeness (QED) is 0.704. The highest BCUT2D eigenvalue weighted by Gasteiger charge is 2.08. The molecule has 0 aliphatic heterocycles. The molecule has 17 heavy (non-hydrogen) atoms. The van der Waals surface area contributed by atoms with Crippen molar-refractivity contribution in [3.63, 3.8) is 0 Å². The van der Waals surface area contributed by atoms with E-state index in [0.29, 0.717) is 25.6 Å². The monoisotopic (exact) mass is 240 g/mol. The van der Waals surface area contributed by atoms with Crippen molar-refractivity contribution in [1.29, 1.82) is 0 Å². The van der Waals surface area contributed by atoms with Gasteiger partial charge in [0.2, 0.25) is 5.88 Å². The third-order valence-electron chi connectivity index (χ3n) is 2.21. The van der Waals surface area contributed by atoms with Crippen molar-refractivity contribution in [2.24, 2.45) is 5.73 Å². The Kier molecular flexibility index (Phi) is 6.27. The summed E-state index contributed by atoms with van der Waals surface area (Å²) in [7, 11) is 1.67. The van der Waals surface area contributed by atoms with E-state index in [2.05, 4.69) is 9.97 Å². The van der Waals surface area contributed by atoms with Crippen molar-refractivity contribution >= 4 is 5.82 Å². The third kappa shape index (κ3) is 4.54. The standard InChI is InChI=1S/C11H20N4O2/c1-3-17-11-8-10(13-9-14-11)15(5-4-12)6-7-16-2/h8-9H,3-7,12H2,1-2H3. The molecule has 2 N–H and O–H groups in total. The molecule has 6 nitrogen and oxygen atoms in total. The molecule has 0 bridgehead atoms. The van der Waals surface area contributed by atoms with Crippen LogP contribution in [0.25, 0.3) is 0 Å². The van der Waals surface area contributed by atoms with Crippen molar-refractivity contribution in [2.75, 3.05) is 44.9 Å².